The van der Waals surface area contributed by atoms with Crippen LogP contribution < -0.4 is 0 Å². The number of aliphatic hydroxyl groups excluding tert-OH is 3. The number of aldehydes is 1. The Bertz CT molecular complexity index is 1670. The van der Waals surface area contributed by atoms with Crippen LogP contribution in [0, 0.1) is 59.2 Å². The molecule has 0 heterocycles. The molecule has 4 aromatic rings. The highest BCUT2D eigenvalue weighted by Gasteiger charge is 2.27. The lowest BCUT2D eigenvalue weighted by Crippen LogP contribution is -2.29. The molecule has 0 amide bonds. The molecule has 0 aromatic heterocycles. The number of hydrogen-bond acceptors (Lipinski definition) is 4. The maximum atomic E-state index is 11.4. The predicted octanol–water partition coefficient (Wildman–Crippen LogP) is 17.5. The first-order valence-electron chi connectivity index (χ1n) is 28.9. The molecule has 4 heteroatoms. The summed E-state index contributed by atoms with van der Waals surface area (Å²) in [4.78, 5) is 11.4. The minimum absolute atomic E-state index is 0.147. The van der Waals surface area contributed by atoms with Crippen molar-refractivity contribution < 1.29 is 20.1 Å². The van der Waals surface area contributed by atoms with E-state index in [1.807, 2.05) is 62.4 Å². The summed E-state index contributed by atoms with van der Waals surface area (Å²) in [7, 11) is 0. The number of unbranched alkanes of at least 4 members (excludes halogenated alkanes) is 4. The SMILES string of the molecule is C=C[C@H](Cc1ccccc1)[C@@H](CCCC)[C@H](C)O.CCCC[C@@H](C(C)C)[C@H](C=O)Cc1ccccc1.CCCC[C@@H](C(C)C)[C@H](CC)Cc1ccccc1.CCCC[C@H]([C@H](CO)Cc1ccccc1)[C@H](C)O. The number of hydrogen-bond donors (Lipinski definition) is 3. The molecule has 0 saturated heterocycles. The Morgan fingerprint density at radius 3 is 1.06 bits per heavy atom. The van der Waals surface area contributed by atoms with Crippen molar-refractivity contribution in [1.29, 1.82) is 0 Å². The van der Waals surface area contributed by atoms with Crippen LogP contribution in [0.4, 0.5) is 0 Å². The van der Waals surface area contributed by atoms with E-state index >= 15 is 0 Å². The van der Waals surface area contributed by atoms with Crippen LogP contribution in [-0.2, 0) is 30.5 Å². The Morgan fingerprint density at radius 2 is 0.750 bits per heavy atom. The fourth-order valence-electron chi connectivity index (χ4n) is 10.9. The maximum Gasteiger partial charge on any atom is 0.123 e. The van der Waals surface area contributed by atoms with Gasteiger partial charge in [0.05, 0.1) is 12.2 Å². The molecule has 4 rings (SSSR count). The number of allylic oxidation sites excluding steroid dienone is 1. The number of aliphatic hydroxyl groups is 3. The third-order valence-electron chi connectivity index (χ3n) is 15.4. The zero-order chi connectivity index (χ0) is 53.5. The second-order valence-corrected chi connectivity index (χ2v) is 21.8. The molecule has 0 aliphatic carbocycles. The van der Waals surface area contributed by atoms with Crippen molar-refractivity contribution in [2.24, 2.45) is 59.2 Å². The first-order valence-corrected chi connectivity index (χ1v) is 28.9. The van der Waals surface area contributed by atoms with Crippen LogP contribution in [0.15, 0.2) is 134 Å². The average molecular weight is 990 g/mol. The van der Waals surface area contributed by atoms with Crippen LogP contribution in [0.3, 0.4) is 0 Å². The lowest BCUT2D eigenvalue weighted by Gasteiger charge is -2.30. The van der Waals surface area contributed by atoms with Crippen molar-refractivity contribution in [3.05, 3.63) is 156 Å². The summed E-state index contributed by atoms with van der Waals surface area (Å²) in [5.74, 6) is 4.83. The van der Waals surface area contributed by atoms with Gasteiger partial charge in [0.25, 0.3) is 0 Å². The smallest absolute Gasteiger partial charge is 0.123 e. The molecule has 0 radical (unpaired) electrons. The van der Waals surface area contributed by atoms with Crippen molar-refractivity contribution in [1.82, 2.24) is 0 Å². The zero-order valence-electron chi connectivity index (χ0n) is 47.8. The van der Waals surface area contributed by atoms with Crippen LogP contribution in [-0.4, -0.2) is 40.4 Å². The molecular weight excluding hydrogens is 881 g/mol. The van der Waals surface area contributed by atoms with Gasteiger partial charge in [-0.15, -0.1) is 6.58 Å². The number of carbonyl (C=O) groups is 1. The van der Waals surface area contributed by atoms with Gasteiger partial charge in [0.2, 0.25) is 0 Å². The van der Waals surface area contributed by atoms with Gasteiger partial charge in [0, 0.05) is 12.5 Å². The molecule has 0 saturated carbocycles. The Morgan fingerprint density at radius 1 is 0.431 bits per heavy atom. The largest absolute Gasteiger partial charge is 0.396 e. The molecule has 4 nitrogen and oxygen atoms in total. The van der Waals surface area contributed by atoms with E-state index in [9.17, 15) is 20.1 Å². The number of benzene rings is 4. The van der Waals surface area contributed by atoms with E-state index in [4.69, 9.17) is 0 Å². The number of carbonyl (C=O) groups excluding carboxylic acids is 1. The van der Waals surface area contributed by atoms with Crippen LogP contribution in [0.25, 0.3) is 0 Å². The fourth-order valence-corrected chi connectivity index (χ4v) is 10.9. The summed E-state index contributed by atoms with van der Waals surface area (Å²) in [5, 5.41) is 29.5. The monoisotopic (exact) mass is 989 g/mol. The van der Waals surface area contributed by atoms with E-state index < -0.39 is 0 Å². The summed E-state index contributed by atoms with van der Waals surface area (Å²) in [6, 6.07) is 42.0. The van der Waals surface area contributed by atoms with Crippen molar-refractivity contribution in [3.63, 3.8) is 0 Å². The van der Waals surface area contributed by atoms with E-state index in [-0.39, 0.29) is 36.6 Å². The molecule has 0 unspecified atom stereocenters. The Kier molecular flexibility index (Phi) is 38.2. The Hall–Kier alpha value is -3.83. The second-order valence-electron chi connectivity index (χ2n) is 21.8. The van der Waals surface area contributed by atoms with Gasteiger partial charge in [-0.25, -0.2) is 0 Å². The van der Waals surface area contributed by atoms with Gasteiger partial charge < -0.3 is 20.1 Å². The third kappa shape index (κ3) is 28.0. The lowest BCUT2D eigenvalue weighted by atomic mass is 9.76. The average Bonchev–Trinajstić information content (AvgIpc) is 3.39. The minimum atomic E-state index is -0.350. The summed E-state index contributed by atoms with van der Waals surface area (Å²) < 4.78 is 0. The van der Waals surface area contributed by atoms with Gasteiger partial charge in [-0.2, -0.15) is 0 Å². The van der Waals surface area contributed by atoms with E-state index in [2.05, 4.69) is 148 Å². The molecule has 10 atom stereocenters. The van der Waals surface area contributed by atoms with Gasteiger partial charge in [-0.05, 0) is 141 Å². The van der Waals surface area contributed by atoms with Crippen LogP contribution in [0.1, 0.15) is 182 Å². The zero-order valence-corrected chi connectivity index (χ0v) is 47.8. The quantitative estimate of drug-likeness (QED) is 0.0336. The van der Waals surface area contributed by atoms with E-state index in [1.54, 1.807) is 0 Å². The highest BCUT2D eigenvalue weighted by Crippen LogP contribution is 2.32. The minimum Gasteiger partial charge on any atom is -0.396 e. The maximum absolute atomic E-state index is 11.4. The first-order chi connectivity index (χ1) is 34.7. The molecule has 0 fully saturated rings. The predicted molar refractivity (Wildman–Crippen MR) is 313 cm³/mol. The van der Waals surface area contributed by atoms with Gasteiger partial charge >= 0.3 is 0 Å². The highest BCUT2D eigenvalue weighted by atomic mass is 16.3. The molecule has 0 aliphatic rings. The Balaban J connectivity index is 0.000000480. The van der Waals surface area contributed by atoms with Gasteiger partial charge in [-0.1, -0.05) is 248 Å². The molecule has 72 heavy (non-hydrogen) atoms. The van der Waals surface area contributed by atoms with Crippen LogP contribution in [0.5, 0.6) is 0 Å². The molecular formula is C68H108O4. The van der Waals surface area contributed by atoms with E-state index in [0.717, 1.165) is 62.7 Å². The van der Waals surface area contributed by atoms with Gasteiger partial charge in [0.1, 0.15) is 6.29 Å². The summed E-state index contributed by atoms with van der Waals surface area (Å²) >= 11 is 0. The summed E-state index contributed by atoms with van der Waals surface area (Å²) in [5.41, 5.74) is 5.34. The number of rotatable bonds is 32. The highest BCUT2D eigenvalue weighted by molar-refractivity contribution is 5.55. The van der Waals surface area contributed by atoms with Crippen molar-refractivity contribution >= 4 is 6.29 Å². The molecule has 404 valence electrons. The molecule has 0 aliphatic heterocycles. The van der Waals surface area contributed by atoms with Crippen molar-refractivity contribution in [3.8, 4) is 0 Å². The summed E-state index contributed by atoms with van der Waals surface area (Å²) in [6.07, 6.45) is 22.2. The molecule has 0 spiro atoms. The first kappa shape index (κ1) is 66.2. The van der Waals surface area contributed by atoms with E-state index in [0.29, 0.717) is 23.7 Å². The van der Waals surface area contributed by atoms with Crippen LogP contribution >= 0.6 is 0 Å². The summed E-state index contributed by atoms with van der Waals surface area (Å²) in [6.45, 7) is 28.3. The van der Waals surface area contributed by atoms with Crippen LogP contribution in [0.2, 0.25) is 0 Å². The second kappa shape index (κ2) is 41.5. The normalized spacial score (nSPS) is 15.3. The van der Waals surface area contributed by atoms with Crippen molar-refractivity contribution in [2.45, 2.75) is 198 Å². The molecule has 3 N–H and O–H groups in total. The molecule has 0 bridgehead atoms. The standard InChI is InChI=1S/C18H30.2C17H26O.C16H26O2/c1-5-7-13-18(15(3)4)17(6-2)14-16-11-9-8-10-12-16;1-4-5-11-17(14(2)3)16(13-18)12-15-9-7-6-8-10-15;1-4-6-12-17(14(3)18)16(5-2)13-15-10-8-7-9-11-15;1-3-4-10-16(13(2)18)15(12-17)11-14-8-6-5-7-9-14/h8-12,15,17-18H,5-7,13-14H2,1-4H3;6-10,13-14,16-17H,4-5,11-12H2,1-3H3;5,7-11,14,16-18H,2,4,6,12-13H2,1,3H3;5-9,13,15-18H,3-4,10-12H2,1-2H3/t17-,18+;16-,17-;14-,16+,17-;13-,15-,16-/m1000/s1. The molecule has 4 aromatic carbocycles. The third-order valence-corrected chi connectivity index (χ3v) is 15.4. The van der Waals surface area contributed by atoms with E-state index in [1.165, 1.54) is 92.7 Å². The van der Waals surface area contributed by atoms with Gasteiger partial charge in [0.15, 0.2) is 0 Å². The topological polar surface area (TPSA) is 77.8 Å². The van der Waals surface area contributed by atoms with Gasteiger partial charge in [-0.3, -0.25) is 0 Å². The van der Waals surface area contributed by atoms with Crippen molar-refractivity contribution in [2.75, 3.05) is 6.61 Å². The Labute approximate surface area is 444 Å². The fraction of sp³-hybridized carbons (Fsp3) is 0.603. The lowest BCUT2D eigenvalue weighted by molar-refractivity contribution is -0.113.